The second-order valence-electron chi connectivity index (χ2n) is 4.62. The number of carbonyl (C=O) groups is 1. The minimum absolute atomic E-state index is 0.167. The molecule has 0 bridgehead atoms. The topological polar surface area (TPSA) is 87.7 Å². The maximum Gasteiger partial charge on any atom is 0.243 e. The Balaban J connectivity index is 2.17. The minimum Gasteiger partial charge on any atom is -0.379 e. The van der Waals surface area contributed by atoms with Gasteiger partial charge in [-0.05, 0) is 25.2 Å². The Morgan fingerprint density at radius 1 is 1.33 bits per heavy atom. The van der Waals surface area contributed by atoms with Crippen molar-refractivity contribution in [1.29, 1.82) is 0 Å². The van der Waals surface area contributed by atoms with Crippen molar-refractivity contribution in [2.75, 3.05) is 45.2 Å². The maximum absolute atomic E-state index is 12.5. The molecule has 116 valence electrons. The molecule has 1 aromatic carbocycles. The maximum atomic E-state index is 12.5. The Morgan fingerprint density at radius 3 is 2.71 bits per heavy atom. The first-order chi connectivity index (χ1) is 10.0. The van der Waals surface area contributed by atoms with Crippen molar-refractivity contribution in [2.24, 2.45) is 0 Å². The highest BCUT2D eigenvalue weighted by Crippen LogP contribution is 2.20. The van der Waals surface area contributed by atoms with Crippen molar-refractivity contribution in [3.63, 3.8) is 0 Å². The highest BCUT2D eigenvalue weighted by molar-refractivity contribution is 7.89. The van der Waals surface area contributed by atoms with Crippen LogP contribution in [0.15, 0.2) is 29.2 Å². The van der Waals surface area contributed by atoms with Crippen molar-refractivity contribution in [1.82, 2.24) is 9.62 Å². The zero-order valence-corrected chi connectivity index (χ0v) is 12.6. The summed E-state index contributed by atoms with van der Waals surface area (Å²) in [5.74, 6) is -0.224. The summed E-state index contributed by atoms with van der Waals surface area (Å²) in [7, 11) is -1.88. The quantitative estimate of drug-likeness (QED) is 0.790. The van der Waals surface area contributed by atoms with E-state index in [0.29, 0.717) is 32.0 Å². The van der Waals surface area contributed by atoms with Crippen LogP contribution >= 0.6 is 0 Å². The fourth-order valence-electron chi connectivity index (χ4n) is 2.04. The number of anilines is 1. The predicted molar refractivity (Wildman–Crippen MR) is 78.6 cm³/mol. The number of nitrogens with one attached hydrogen (secondary N) is 2. The number of sulfonamides is 1. The number of morpholine rings is 1. The molecule has 0 radical (unpaired) electrons. The molecule has 1 heterocycles. The monoisotopic (exact) mass is 313 g/mol. The number of likely N-dealkylation sites (N-methyl/N-ethyl adjacent to an activating group) is 1. The second kappa shape index (κ2) is 6.99. The number of hydrogen-bond donors (Lipinski definition) is 2. The number of amides is 1. The van der Waals surface area contributed by atoms with Gasteiger partial charge in [0.1, 0.15) is 0 Å². The van der Waals surface area contributed by atoms with E-state index < -0.39 is 10.0 Å². The summed E-state index contributed by atoms with van der Waals surface area (Å²) in [6.07, 6.45) is 0. The summed E-state index contributed by atoms with van der Waals surface area (Å²) < 4.78 is 31.6. The van der Waals surface area contributed by atoms with Gasteiger partial charge in [0.05, 0.1) is 24.7 Å². The van der Waals surface area contributed by atoms with Crippen LogP contribution in [0.5, 0.6) is 0 Å². The third-order valence-electron chi connectivity index (χ3n) is 3.06. The van der Waals surface area contributed by atoms with Crippen molar-refractivity contribution < 1.29 is 17.9 Å². The number of hydrogen-bond acceptors (Lipinski definition) is 5. The Morgan fingerprint density at radius 2 is 2.05 bits per heavy atom. The highest BCUT2D eigenvalue weighted by Gasteiger charge is 2.26. The van der Waals surface area contributed by atoms with Crippen molar-refractivity contribution in [3.05, 3.63) is 24.3 Å². The molecule has 0 aromatic heterocycles. The zero-order chi connectivity index (χ0) is 15.3. The number of carbonyl (C=O) groups excluding carboxylic acids is 1. The van der Waals surface area contributed by atoms with E-state index in [1.54, 1.807) is 19.2 Å². The molecule has 0 aliphatic carbocycles. The van der Waals surface area contributed by atoms with Crippen molar-refractivity contribution in [2.45, 2.75) is 4.90 Å². The van der Waals surface area contributed by atoms with Crippen LogP contribution in [-0.4, -0.2) is 58.5 Å². The molecule has 7 nitrogen and oxygen atoms in total. The SMILES string of the molecule is CNCC(=O)Nc1cccc(S(=O)(=O)N2CCOCC2)c1. The van der Waals surface area contributed by atoms with Gasteiger partial charge in [-0.2, -0.15) is 4.31 Å². The number of rotatable bonds is 5. The molecule has 21 heavy (non-hydrogen) atoms. The average molecular weight is 313 g/mol. The molecule has 1 aliphatic heterocycles. The van der Waals surface area contributed by atoms with E-state index in [2.05, 4.69) is 10.6 Å². The summed E-state index contributed by atoms with van der Waals surface area (Å²) in [6, 6.07) is 6.27. The Kier molecular flexibility index (Phi) is 5.29. The van der Waals surface area contributed by atoms with Crippen LogP contribution in [0, 0.1) is 0 Å². The Hall–Kier alpha value is -1.48. The summed E-state index contributed by atoms with van der Waals surface area (Å²) >= 11 is 0. The molecule has 1 amide bonds. The van der Waals surface area contributed by atoms with Gasteiger partial charge >= 0.3 is 0 Å². The van der Waals surface area contributed by atoms with Gasteiger partial charge in [-0.1, -0.05) is 6.07 Å². The first-order valence-corrected chi connectivity index (χ1v) is 8.10. The van der Waals surface area contributed by atoms with Gasteiger partial charge in [-0.3, -0.25) is 4.79 Å². The fraction of sp³-hybridized carbons (Fsp3) is 0.462. The van der Waals surface area contributed by atoms with Crippen LogP contribution in [0.4, 0.5) is 5.69 Å². The van der Waals surface area contributed by atoms with Crippen LogP contribution < -0.4 is 10.6 Å². The predicted octanol–water partition coefficient (Wildman–Crippen LogP) is -0.135. The molecule has 1 aromatic rings. The fourth-order valence-corrected chi connectivity index (χ4v) is 3.49. The molecule has 0 atom stereocenters. The molecule has 0 saturated carbocycles. The van der Waals surface area contributed by atoms with E-state index in [9.17, 15) is 13.2 Å². The lowest BCUT2D eigenvalue weighted by Crippen LogP contribution is -2.40. The molecule has 1 fully saturated rings. The first kappa shape index (κ1) is 15.9. The van der Waals surface area contributed by atoms with E-state index in [1.807, 2.05) is 0 Å². The van der Waals surface area contributed by atoms with Gasteiger partial charge < -0.3 is 15.4 Å². The van der Waals surface area contributed by atoms with E-state index >= 15 is 0 Å². The third-order valence-corrected chi connectivity index (χ3v) is 4.96. The lowest BCUT2D eigenvalue weighted by Gasteiger charge is -2.26. The van der Waals surface area contributed by atoms with Crippen LogP contribution in [-0.2, 0) is 19.6 Å². The standard InChI is InChI=1S/C13H19N3O4S/c1-14-10-13(17)15-11-3-2-4-12(9-11)21(18,19)16-5-7-20-8-6-16/h2-4,9,14H,5-8,10H2,1H3,(H,15,17). The number of ether oxygens (including phenoxy) is 1. The Bertz CT molecular complexity index is 597. The van der Waals surface area contributed by atoms with E-state index in [0.717, 1.165) is 0 Å². The van der Waals surface area contributed by atoms with Gasteiger partial charge in [0.25, 0.3) is 0 Å². The van der Waals surface area contributed by atoms with E-state index in [-0.39, 0.29) is 17.3 Å². The van der Waals surface area contributed by atoms with Gasteiger partial charge in [-0.25, -0.2) is 8.42 Å². The largest absolute Gasteiger partial charge is 0.379 e. The summed E-state index contributed by atoms with van der Waals surface area (Å²) in [5.41, 5.74) is 0.463. The molecule has 2 N–H and O–H groups in total. The van der Waals surface area contributed by atoms with E-state index in [4.69, 9.17) is 4.74 Å². The van der Waals surface area contributed by atoms with Gasteiger partial charge in [0.15, 0.2) is 0 Å². The molecule has 1 saturated heterocycles. The van der Waals surface area contributed by atoms with Crippen LogP contribution in [0.2, 0.25) is 0 Å². The first-order valence-electron chi connectivity index (χ1n) is 6.66. The average Bonchev–Trinajstić information content (AvgIpc) is 2.48. The summed E-state index contributed by atoms with van der Waals surface area (Å²) in [6.45, 7) is 1.66. The van der Waals surface area contributed by atoms with E-state index in [1.165, 1.54) is 16.4 Å². The molecule has 2 rings (SSSR count). The molecular formula is C13H19N3O4S. The van der Waals surface area contributed by atoms with Crippen molar-refractivity contribution in [3.8, 4) is 0 Å². The lowest BCUT2D eigenvalue weighted by atomic mass is 10.3. The lowest BCUT2D eigenvalue weighted by molar-refractivity contribution is -0.115. The molecule has 0 unspecified atom stereocenters. The van der Waals surface area contributed by atoms with Gasteiger partial charge in [0.2, 0.25) is 15.9 Å². The van der Waals surface area contributed by atoms with Crippen LogP contribution in [0.3, 0.4) is 0 Å². The molecule has 0 spiro atoms. The molecule has 1 aliphatic rings. The number of benzene rings is 1. The smallest absolute Gasteiger partial charge is 0.243 e. The number of nitrogens with zero attached hydrogens (tertiary/aromatic N) is 1. The molecule has 8 heteroatoms. The third kappa shape index (κ3) is 4.01. The summed E-state index contributed by atoms with van der Waals surface area (Å²) in [5, 5.41) is 5.38. The Labute approximate surface area is 124 Å². The van der Waals surface area contributed by atoms with Crippen LogP contribution in [0.25, 0.3) is 0 Å². The zero-order valence-electron chi connectivity index (χ0n) is 11.8. The van der Waals surface area contributed by atoms with Gasteiger partial charge in [0, 0.05) is 18.8 Å². The van der Waals surface area contributed by atoms with Crippen LogP contribution in [0.1, 0.15) is 0 Å². The minimum atomic E-state index is -3.55. The normalized spacial score (nSPS) is 16.6. The highest BCUT2D eigenvalue weighted by atomic mass is 32.2. The van der Waals surface area contributed by atoms with Crippen molar-refractivity contribution >= 4 is 21.6 Å². The summed E-state index contributed by atoms with van der Waals surface area (Å²) in [4.78, 5) is 11.7. The molecular weight excluding hydrogens is 294 g/mol. The second-order valence-corrected chi connectivity index (χ2v) is 6.56. The van der Waals surface area contributed by atoms with Gasteiger partial charge in [-0.15, -0.1) is 0 Å².